The Balaban J connectivity index is 1.75. The number of carbonyl (C=O) groups excluding carboxylic acids is 1. The van der Waals surface area contributed by atoms with E-state index in [9.17, 15) is 13.2 Å². The van der Waals surface area contributed by atoms with Gasteiger partial charge in [-0.25, -0.2) is 8.42 Å². The van der Waals surface area contributed by atoms with E-state index in [0.717, 1.165) is 11.1 Å². The molecule has 0 heterocycles. The largest absolute Gasteiger partial charge is 0.496 e. The van der Waals surface area contributed by atoms with Crippen molar-refractivity contribution in [1.29, 1.82) is 0 Å². The molecular formula is C23H23ClN2O4S. The van der Waals surface area contributed by atoms with E-state index in [1.54, 1.807) is 19.2 Å². The molecule has 31 heavy (non-hydrogen) atoms. The average Bonchev–Trinajstić information content (AvgIpc) is 2.73. The number of benzene rings is 3. The van der Waals surface area contributed by atoms with Crippen LogP contribution in [0.1, 0.15) is 34.5 Å². The molecule has 3 rings (SSSR count). The van der Waals surface area contributed by atoms with Gasteiger partial charge in [0.25, 0.3) is 15.9 Å². The number of aryl methyl sites for hydroxylation is 1. The zero-order valence-electron chi connectivity index (χ0n) is 17.3. The van der Waals surface area contributed by atoms with Gasteiger partial charge >= 0.3 is 0 Å². The summed E-state index contributed by atoms with van der Waals surface area (Å²) in [4.78, 5) is 12.9. The molecule has 3 aromatic carbocycles. The maximum Gasteiger partial charge on any atom is 0.261 e. The SMILES string of the molecule is COc1ccccc1[C@H](C)NC(=O)c1ccc(NS(=O)(=O)c2ccc(C)cc2)cc1Cl. The fourth-order valence-electron chi connectivity index (χ4n) is 3.07. The molecule has 0 unspecified atom stereocenters. The van der Waals surface area contributed by atoms with Gasteiger partial charge in [-0.05, 0) is 50.2 Å². The molecule has 0 saturated heterocycles. The lowest BCUT2D eigenvalue weighted by Crippen LogP contribution is -2.27. The number of hydrogen-bond donors (Lipinski definition) is 2. The third kappa shape index (κ3) is 5.37. The van der Waals surface area contributed by atoms with E-state index in [1.807, 2.05) is 38.1 Å². The molecule has 8 heteroatoms. The number of methoxy groups -OCH3 is 1. The second-order valence-electron chi connectivity index (χ2n) is 7.05. The summed E-state index contributed by atoms with van der Waals surface area (Å²) in [5.74, 6) is 0.290. The van der Waals surface area contributed by atoms with E-state index in [-0.39, 0.29) is 33.1 Å². The van der Waals surface area contributed by atoms with Crippen LogP contribution in [-0.4, -0.2) is 21.4 Å². The van der Waals surface area contributed by atoms with Crippen LogP contribution in [0.5, 0.6) is 5.75 Å². The Labute approximate surface area is 187 Å². The first-order chi connectivity index (χ1) is 14.7. The quantitative estimate of drug-likeness (QED) is 0.524. The standard InChI is InChI=1S/C23H23ClN2O4S/c1-15-8-11-18(12-9-15)31(28,29)26-17-10-13-20(21(24)14-17)23(27)25-16(2)19-6-4-5-7-22(19)30-3/h4-14,16,26H,1-3H3,(H,25,27)/t16-/m0/s1. The van der Waals surface area contributed by atoms with Crippen LogP contribution in [0, 0.1) is 6.92 Å². The highest BCUT2D eigenvalue weighted by molar-refractivity contribution is 7.92. The summed E-state index contributed by atoms with van der Waals surface area (Å²) in [5.41, 5.74) is 2.29. The fourth-order valence-corrected chi connectivity index (χ4v) is 4.39. The summed E-state index contributed by atoms with van der Waals surface area (Å²) in [7, 11) is -2.20. The second kappa shape index (κ2) is 9.41. The Hall–Kier alpha value is -3.03. The zero-order chi connectivity index (χ0) is 22.6. The highest BCUT2D eigenvalue weighted by atomic mass is 35.5. The molecule has 1 atom stereocenters. The van der Waals surface area contributed by atoms with Gasteiger partial charge in [0.1, 0.15) is 5.75 Å². The minimum absolute atomic E-state index is 0.133. The van der Waals surface area contributed by atoms with Crippen molar-refractivity contribution in [2.75, 3.05) is 11.8 Å². The molecule has 0 aliphatic rings. The Morgan fingerprint density at radius 3 is 2.35 bits per heavy atom. The molecule has 0 aliphatic heterocycles. The third-order valence-corrected chi connectivity index (χ3v) is 6.46. The van der Waals surface area contributed by atoms with Crippen molar-refractivity contribution in [1.82, 2.24) is 5.32 Å². The molecule has 0 spiro atoms. The van der Waals surface area contributed by atoms with Crippen LogP contribution in [0.2, 0.25) is 5.02 Å². The van der Waals surface area contributed by atoms with Gasteiger partial charge in [0.15, 0.2) is 0 Å². The molecule has 1 amide bonds. The van der Waals surface area contributed by atoms with E-state index in [1.165, 1.54) is 30.3 Å². The van der Waals surface area contributed by atoms with E-state index >= 15 is 0 Å². The van der Waals surface area contributed by atoms with Crippen molar-refractivity contribution in [2.24, 2.45) is 0 Å². The first kappa shape index (κ1) is 22.7. The van der Waals surface area contributed by atoms with E-state index in [0.29, 0.717) is 5.75 Å². The van der Waals surface area contributed by atoms with Crippen molar-refractivity contribution in [3.8, 4) is 5.75 Å². The summed E-state index contributed by atoms with van der Waals surface area (Å²) in [6, 6.07) is 18.0. The maximum atomic E-state index is 12.7. The molecule has 0 aliphatic carbocycles. The molecular weight excluding hydrogens is 436 g/mol. The Morgan fingerprint density at radius 1 is 1.03 bits per heavy atom. The van der Waals surface area contributed by atoms with Crippen LogP contribution in [0.4, 0.5) is 5.69 Å². The predicted molar refractivity (Wildman–Crippen MR) is 122 cm³/mol. The number of nitrogens with one attached hydrogen (secondary N) is 2. The fraction of sp³-hybridized carbons (Fsp3) is 0.174. The minimum Gasteiger partial charge on any atom is -0.496 e. The number of halogens is 1. The van der Waals surface area contributed by atoms with Gasteiger partial charge in [-0.2, -0.15) is 0 Å². The Kier molecular flexibility index (Phi) is 6.87. The van der Waals surface area contributed by atoms with Gasteiger partial charge in [0.05, 0.1) is 34.3 Å². The predicted octanol–water partition coefficient (Wildman–Crippen LogP) is 4.95. The second-order valence-corrected chi connectivity index (χ2v) is 9.14. The van der Waals surface area contributed by atoms with E-state index in [4.69, 9.17) is 16.3 Å². The van der Waals surface area contributed by atoms with Crippen molar-refractivity contribution in [3.63, 3.8) is 0 Å². The normalized spacial score (nSPS) is 12.1. The zero-order valence-corrected chi connectivity index (χ0v) is 18.9. The van der Waals surface area contributed by atoms with Gasteiger partial charge in [0.2, 0.25) is 0 Å². The number of ether oxygens (including phenoxy) is 1. The third-order valence-electron chi connectivity index (χ3n) is 4.75. The summed E-state index contributed by atoms with van der Waals surface area (Å²) in [6.07, 6.45) is 0. The summed E-state index contributed by atoms with van der Waals surface area (Å²) >= 11 is 6.29. The molecule has 2 N–H and O–H groups in total. The Morgan fingerprint density at radius 2 is 1.71 bits per heavy atom. The molecule has 6 nitrogen and oxygen atoms in total. The lowest BCUT2D eigenvalue weighted by molar-refractivity contribution is 0.0939. The van der Waals surface area contributed by atoms with Crippen molar-refractivity contribution in [2.45, 2.75) is 24.8 Å². The van der Waals surface area contributed by atoms with Gasteiger partial charge in [0, 0.05) is 5.56 Å². The van der Waals surface area contributed by atoms with Crippen LogP contribution in [0.3, 0.4) is 0 Å². The monoisotopic (exact) mass is 458 g/mol. The molecule has 0 fully saturated rings. The smallest absolute Gasteiger partial charge is 0.261 e. The number of amides is 1. The number of anilines is 1. The van der Waals surface area contributed by atoms with Gasteiger partial charge in [-0.1, -0.05) is 47.5 Å². The van der Waals surface area contributed by atoms with E-state index in [2.05, 4.69) is 10.0 Å². The number of para-hydroxylation sites is 1. The summed E-state index contributed by atoms with van der Waals surface area (Å²) in [6.45, 7) is 3.72. The van der Waals surface area contributed by atoms with Crippen molar-refractivity contribution >= 4 is 33.2 Å². The lowest BCUT2D eigenvalue weighted by atomic mass is 10.1. The van der Waals surface area contributed by atoms with Crippen molar-refractivity contribution in [3.05, 3.63) is 88.4 Å². The van der Waals surface area contributed by atoms with Gasteiger partial charge in [-0.15, -0.1) is 0 Å². The maximum absolute atomic E-state index is 12.7. The molecule has 0 bridgehead atoms. The van der Waals surface area contributed by atoms with Gasteiger partial charge < -0.3 is 10.1 Å². The topological polar surface area (TPSA) is 84.5 Å². The molecule has 3 aromatic rings. The number of hydrogen-bond acceptors (Lipinski definition) is 4. The Bertz CT molecular complexity index is 1190. The number of carbonyl (C=O) groups is 1. The summed E-state index contributed by atoms with van der Waals surface area (Å²) in [5, 5.41) is 3.02. The van der Waals surface area contributed by atoms with Crippen LogP contribution in [-0.2, 0) is 10.0 Å². The van der Waals surface area contributed by atoms with Gasteiger partial charge in [-0.3, -0.25) is 9.52 Å². The highest BCUT2D eigenvalue weighted by Crippen LogP contribution is 2.27. The first-order valence-corrected chi connectivity index (χ1v) is 11.4. The van der Waals surface area contributed by atoms with Crippen LogP contribution < -0.4 is 14.8 Å². The number of rotatable bonds is 7. The van der Waals surface area contributed by atoms with Crippen molar-refractivity contribution < 1.29 is 17.9 Å². The molecule has 0 aromatic heterocycles. The minimum atomic E-state index is -3.77. The molecule has 0 saturated carbocycles. The first-order valence-electron chi connectivity index (χ1n) is 9.54. The lowest BCUT2D eigenvalue weighted by Gasteiger charge is -2.18. The molecule has 0 radical (unpaired) electrons. The van der Waals surface area contributed by atoms with Crippen LogP contribution in [0.25, 0.3) is 0 Å². The summed E-state index contributed by atoms with van der Waals surface area (Å²) < 4.78 is 32.9. The average molecular weight is 459 g/mol. The molecule has 162 valence electrons. The highest BCUT2D eigenvalue weighted by Gasteiger charge is 2.19. The van der Waals surface area contributed by atoms with Crippen LogP contribution in [0.15, 0.2) is 71.6 Å². The van der Waals surface area contributed by atoms with Crippen LogP contribution >= 0.6 is 11.6 Å². The van der Waals surface area contributed by atoms with E-state index < -0.39 is 10.0 Å². The number of sulfonamides is 1.